The number of Topliss-reactive ketones (excluding diaryl/α,β-unsaturated/α-hetero) is 1. The first-order valence-corrected chi connectivity index (χ1v) is 14.4. The van der Waals surface area contributed by atoms with Gasteiger partial charge in [-0.3, -0.25) is 4.79 Å². The summed E-state index contributed by atoms with van der Waals surface area (Å²) in [4.78, 5) is 49.4. The molecule has 1 aliphatic rings. The third kappa shape index (κ3) is 9.53. The fourth-order valence-corrected chi connectivity index (χ4v) is 4.79. The standard InChI is InChI=1S/C34H36O11/c1-22(35)17-18-27(36)44-29-28(41-19-23-11-5-3-6-12-23)31(42-20-24-13-7-4-8-14-24)34(45-30(29)33(39)40-2)43-21-25-15-9-10-16-26(25)32(37)38/h3-16,28-31,34H,17-21H2,1-2H3,(H,37,38)/t28-,29-,30-,31-,34+/m0/s1. The number of rotatable bonds is 15. The van der Waals surface area contributed by atoms with Crippen molar-refractivity contribution in [2.45, 2.75) is 70.3 Å². The van der Waals surface area contributed by atoms with Crippen LogP contribution in [0.2, 0.25) is 0 Å². The predicted octanol–water partition coefficient (Wildman–Crippen LogP) is 4.25. The lowest BCUT2D eigenvalue weighted by Gasteiger charge is -2.44. The minimum Gasteiger partial charge on any atom is -0.478 e. The molecule has 0 radical (unpaired) electrons. The van der Waals surface area contributed by atoms with Gasteiger partial charge in [-0.2, -0.15) is 0 Å². The molecule has 1 N–H and O–H groups in total. The summed E-state index contributed by atoms with van der Waals surface area (Å²) in [6.07, 6.45) is -6.57. The lowest BCUT2D eigenvalue weighted by molar-refractivity contribution is -0.317. The van der Waals surface area contributed by atoms with E-state index in [0.29, 0.717) is 5.56 Å². The number of carboxylic acid groups (broad SMARTS) is 1. The van der Waals surface area contributed by atoms with Gasteiger partial charge in [0, 0.05) is 6.42 Å². The largest absolute Gasteiger partial charge is 0.478 e. The molecule has 1 heterocycles. The number of methoxy groups -OCH3 is 1. The molecule has 238 valence electrons. The third-order valence-corrected chi connectivity index (χ3v) is 7.10. The maximum absolute atomic E-state index is 13.1. The molecule has 5 atom stereocenters. The van der Waals surface area contributed by atoms with Crippen molar-refractivity contribution < 1.29 is 52.7 Å². The van der Waals surface area contributed by atoms with E-state index in [9.17, 15) is 24.3 Å². The van der Waals surface area contributed by atoms with Crippen LogP contribution >= 0.6 is 0 Å². The smallest absolute Gasteiger partial charge is 0.339 e. The zero-order valence-corrected chi connectivity index (χ0v) is 25.0. The number of carbonyl (C=O) groups excluding carboxylic acids is 3. The van der Waals surface area contributed by atoms with Crippen LogP contribution in [0.5, 0.6) is 0 Å². The molecule has 0 amide bonds. The monoisotopic (exact) mass is 620 g/mol. The van der Waals surface area contributed by atoms with Gasteiger partial charge < -0.3 is 38.3 Å². The number of hydrogen-bond acceptors (Lipinski definition) is 10. The van der Waals surface area contributed by atoms with E-state index in [1.165, 1.54) is 13.0 Å². The highest BCUT2D eigenvalue weighted by molar-refractivity contribution is 5.89. The number of ketones is 1. The number of benzene rings is 3. The SMILES string of the molecule is COC(=O)[C@H]1O[C@@H](OCc2ccccc2C(=O)O)[C@@H](OCc2ccccc2)[C@@H](OCc2ccccc2)[C@@H]1OC(=O)CCC(C)=O. The second-order valence-corrected chi connectivity index (χ2v) is 10.4. The van der Waals surface area contributed by atoms with Gasteiger partial charge in [-0.25, -0.2) is 9.59 Å². The van der Waals surface area contributed by atoms with E-state index in [4.69, 9.17) is 28.4 Å². The van der Waals surface area contributed by atoms with Crippen molar-refractivity contribution in [2.75, 3.05) is 7.11 Å². The second kappa shape index (κ2) is 16.6. The Morgan fingerprint density at radius 3 is 1.87 bits per heavy atom. The van der Waals surface area contributed by atoms with Crippen molar-refractivity contribution >= 4 is 23.7 Å². The van der Waals surface area contributed by atoms with Crippen LogP contribution in [0.15, 0.2) is 84.9 Å². The van der Waals surface area contributed by atoms with Gasteiger partial charge in [0.1, 0.15) is 18.0 Å². The van der Waals surface area contributed by atoms with Crippen molar-refractivity contribution in [3.8, 4) is 0 Å². The molecule has 1 fully saturated rings. The molecule has 1 aliphatic heterocycles. The maximum Gasteiger partial charge on any atom is 0.339 e. The van der Waals surface area contributed by atoms with Gasteiger partial charge in [0.05, 0.1) is 38.9 Å². The summed E-state index contributed by atoms with van der Waals surface area (Å²) in [5.41, 5.74) is 2.02. The summed E-state index contributed by atoms with van der Waals surface area (Å²) in [6.45, 7) is 1.29. The van der Waals surface area contributed by atoms with Crippen molar-refractivity contribution in [3.05, 3.63) is 107 Å². The molecule has 45 heavy (non-hydrogen) atoms. The molecule has 0 saturated carbocycles. The Bertz CT molecular complexity index is 1430. The zero-order chi connectivity index (χ0) is 32.2. The van der Waals surface area contributed by atoms with Gasteiger partial charge in [0.2, 0.25) is 0 Å². The van der Waals surface area contributed by atoms with Gasteiger partial charge in [-0.05, 0) is 29.7 Å². The maximum atomic E-state index is 13.1. The van der Waals surface area contributed by atoms with Crippen LogP contribution in [0.25, 0.3) is 0 Å². The first kappa shape index (κ1) is 33.5. The van der Waals surface area contributed by atoms with E-state index in [1.54, 1.807) is 18.2 Å². The molecule has 0 bridgehead atoms. The number of hydrogen-bond donors (Lipinski definition) is 1. The lowest BCUT2D eigenvalue weighted by atomic mass is 9.97. The quantitative estimate of drug-likeness (QED) is 0.244. The third-order valence-electron chi connectivity index (χ3n) is 7.10. The number of carboxylic acids is 1. The molecule has 0 spiro atoms. The Hall–Kier alpha value is -4.42. The molecule has 11 heteroatoms. The Morgan fingerprint density at radius 1 is 0.711 bits per heavy atom. The zero-order valence-electron chi connectivity index (χ0n) is 25.0. The summed E-state index contributed by atoms with van der Waals surface area (Å²) < 4.78 is 35.7. The lowest BCUT2D eigenvalue weighted by Crippen LogP contribution is -2.63. The Balaban J connectivity index is 1.70. The average Bonchev–Trinajstić information content (AvgIpc) is 3.05. The van der Waals surface area contributed by atoms with Gasteiger partial charge >= 0.3 is 17.9 Å². The molecule has 3 aromatic carbocycles. The molecular weight excluding hydrogens is 584 g/mol. The highest BCUT2D eigenvalue weighted by Gasteiger charge is 2.53. The van der Waals surface area contributed by atoms with Crippen molar-refractivity contribution in [1.29, 1.82) is 0 Å². The topological polar surface area (TPSA) is 144 Å². The van der Waals surface area contributed by atoms with E-state index in [0.717, 1.165) is 18.2 Å². The number of aromatic carboxylic acids is 1. The molecule has 11 nitrogen and oxygen atoms in total. The number of ether oxygens (including phenoxy) is 6. The van der Waals surface area contributed by atoms with Crippen LogP contribution in [0.4, 0.5) is 0 Å². The molecule has 0 aromatic heterocycles. The van der Waals surface area contributed by atoms with E-state index < -0.39 is 48.6 Å². The van der Waals surface area contributed by atoms with Crippen LogP contribution in [-0.2, 0) is 62.6 Å². The predicted molar refractivity (Wildman–Crippen MR) is 159 cm³/mol. The summed E-state index contributed by atoms with van der Waals surface area (Å²) >= 11 is 0. The van der Waals surface area contributed by atoms with Crippen molar-refractivity contribution in [1.82, 2.24) is 0 Å². The summed E-state index contributed by atoms with van der Waals surface area (Å²) in [5.74, 6) is -2.93. The van der Waals surface area contributed by atoms with Crippen LogP contribution in [0.1, 0.15) is 46.8 Å². The second-order valence-electron chi connectivity index (χ2n) is 10.4. The van der Waals surface area contributed by atoms with E-state index in [1.807, 2.05) is 60.7 Å². The van der Waals surface area contributed by atoms with Crippen molar-refractivity contribution in [2.24, 2.45) is 0 Å². The first-order valence-electron chi connectivity index (χ1n) is 14.4. The van der Waals surface area contributed by atoms with E-state index in [2.05, 4.69) is 0 Å². The summed E-state index contributed by atoms with van der Waals surface area (Å²) in [5, 5.41) is 9.67. The Labute approximate surface area is 261 Å². The summed E-state index contributed by atoms with van der Waals surface area (Å²) in [6, 6.07) is 24.9. The van der Waals surface area contributed by atoms with Crippen LogP contribution in [0.3, 0.4) is 0 Å². The van der Waals surface area contributed by atoms with Gasteiger partial charge in [-0.15, -0.1) is 0 Å². The molecule has 4 rings (SSSR count). The molecule has 0 unspecified atom stereocenters. The number of esters is 2. The Kier molecular flexibility index (Phi) is 12.3. The fraction of sp³-hybridized carbons (Fsp3) is 0.353. The minimum atomic E-state index is -1.49. The molecular formula is C34H36O11. The van der Waals surface area contributed by atoms with Gasteiger partial charge in [0.25, 0.3) is 0 Å². The number of carbonyl (C=O) groups is 4. The minimum absolute atomic E-state index is 0.0359. The molecule has 0 aliphatic carbocycles. The van der Waals surface area contributed by atoms with Crippen molar-refractivity contribution in [3.63, 3.8) is 0 Å². The normalized spacial score (nSPS) is 21.1. The first-order chi connectivity index (χ1) is 21.8. The average molecular weight is 621 g/mol. The van der Waals surface area contributed by atoms with E-state index in [-0.39, 0.29) is 44.0 Å². The molecule has 3 aromatic rings. The van der Waals surface area contributed by atoms with Crippen LogP contribution in [-0.4, -0.2) is 66.6 Å². The van der Waals surface area contributed by atoms with Crippen LogP contribution < -0.4 is 0 Å². The highest BCUT2D eigenvalue weighted by Crippen LogP contribution is 2.32. The highest BCUT2D eigenvalue weighted by atomic mass is 16.7. The van der Waals surface area contributed by atoms with E-state index >= 15 is 0 Å². The van der Waals surface area contributed by atoms with Gasteiger partial charge in [-0.1, -0.05) is 78.9 Å². The van der Waals surface area contributed by atoms with Gasteiger partial charge in [0.15, 0.2) is 18.5 Å². The summed E-state index contributed by atoms with van der Waals surface area (Å²) in [7, 11) is 1.16. The van der Waals surface area contributed by atoms with Crippen LogP contribution in [0, 0.1) is 0 Å². The molecule has 1 saturated heterocycles. The Morgan fingerprint density at radius 2 is 1.29 bits per heavy atom. The fourth-order valence-electron chi connectivity index (χ4n) is 4.79.